The predicted octanol–water partition coefficient (Wildman–Crippen LogP) is 3.34. The Morgan fingerprint density at radius 2 is 1.54 bits per heavy atom. The molecular formula is C16H15N3O5. The zero-order chi connectivity index (χ0) is 17.9. The number of carbonyl (C=O) groups is 1. The average Bonchev–Trinajstić information content (AvgIpc) is 2.59. The predicted molar refractivity (Wildman–Crippen MR) is 86.7 cm³/mol. The number of nitrogens with zero attached hydrogens (tertiary/aromatic N) is 3. The zero-order valence-electron chi connectivity index (χ0n) is 13.1. The van der Waals surface area contributed by atoms with Crippen molar-refractivity contribution < 1.29 is 14.6 Å². The summed E-state index contributed by atoms with van der Waals surface area (Å²) in [7, 11) is 1.55. The number of amides is 1. The summed E-state index contributed by atoms with van der Waals surface area (Å²) in [6.07, 6.45) is 0. The lowest BCUT2D eigenvalue weighted by molar-refractivity contribution is -0.385. The molecule has 0 aliphatic carbocycles. The molecule has 0 heterocycles. The van der Waals surface area contributed by atoms with Crippen LogP contribution in [0.3, 0.4) is 0 Å². The van der Waals surface area contributed by atoms with E-state index >= 15 is 0 Å². The second-order valence-electron chi connectivity index (χ2n) is 5.25. The molecule has 0 unspecified atom stereocenters. The second kappa shape index (κ2) is 6.86. The van der Waals surface area contributed by atoms with Crippen LogP contribution < -0.4 is 0 Å². The van der Waals surface area contributed by atoms with E-state index in [1.54, 1.807) is 26.1 Å². The van der Waals surface area contributed by atoms with Crippen LogP contribution >= 0.6 is 0 Å². The van der Waals surface area contributed by atoms with Crippen LogP contribution in [-0.2, 0) is 0 Å². The first kappa shape index (κ1) is 17.1. The van der Waals surface area contributed by atoms with Crippen molar-refractivity contribution in [3.63, 3.8) is 0 Å². The van der Waals surface area contributed by atoms with Crippen LogP contribution in [0.5, 0.6) is 0 Å². The van der Waals surface area contributed by atoms with E-state index < -0.39 is 21.8 Å². The van der Waals surface area contributed by atoms with Gasteiger partial charge >= 0.3 is 0 Å². The molecule has 2 aromatic carbocycles. The number of nitro benzene ring substituents is 2. The first-order chi connectivity index (χ1) is 11.3. The second-order valence-corrected chi connectivity index (χ2v) is 5.25. The minimum atomic E-state index is -0.569. The minimum Gasteiger partial charge on any atom is -0.335 e. The number of non-ortho nitro benzene ring substituents is 2. The van der Waals surface area contributed by atoms with E-state index in [-0.39, 0.29) is 16.9 Å². The van der Waals surface area contributed by atoms with Gasteiger partial charge in [-0.15, -0.1) is 0 Å². The zero-order valence-corrected chi connectivity index (χ0v) is 13.1. The van der Waals surface area contributed by atoms with Gasteiger partial charge in [-0.25, -0.2) is 0 Å². The van der Waals surface area contributed by atoms with E-state index in [0.29, 0.717) is 5.56 Å². The van der Waals surface area contributed by atoms with E-state index in [4.69, 9.17) is 0 Å². The Morgan fingerprint density at radius 3 is 2.12 bits per heavy atom. The topological polar surface area (TPSA) is 107 Å². The molecule has 8 heteroatoms. The smallest absolute Gasteiger partial charge is 0.270 e. The van der Waals surface area contributed by atoms with Crippen molar-refractivity contribution in [3.05, 3.63) is 79.9 Å². The minimum absolute atomic E-state index is 0.0597. The van der Waals surface area contributed by atoms with Crippen LogP contribution in [0.4, 0.5) is 11.4 Å². The molecule has 1 amide bonds. The highest BCUT2D eigenvalue weighted by atomic mass is 16.6. The van der Waals surface area contributed by atoms with Crippen LogP contribution in [0.15, 0.2) is 48.5 Å². The molecule has 24 heavy (non-hydrogen) atoms. The maximum Gasteiger partial charge on any atom is 0.270 e. The van der Waals surface area contributed by atoms with Crippen molar-refractivity contribution in [2.24, 2.45) is 0 Å². The molecule has 124 valence electrons. The molecule has 0 saturated carbocycles. The van der Waals surface area contributed by atoms with Gasteiger partial charge < -0.3 is 4.90 Å². The Hall–Kier alpha value is -3.29. The summed E-state index contributed by atoms with van der Waals surface area (Å²) >= 11 is 0. The quantitative estimate of drug-likeness (QED) is 0.617. The fourth-order valence-corrected chi connectivity index (χ4v) is 2.25. The van der Waals surface area contributed by atoms with Crippen LogP contribution in [0.2, 0.25) is 0 Å². The van der Waals surface area contributed by atoms with Crippen molar-refractivity contribution in [1.82, 2.24) is 4.90 Å². The monoisotopic (exact) mass is 329 g/mol. The number of nitro groups is 2. The Kier molecular flexibility index (Phi) is 4.88. The van der Waals surface area contributed by atoms with Gasteiger partial charge in [0.15, 0.2) is 0 Å². The lowest BCUT2D eigenvalue weighted by Crippen LogP contribution is -2.29. The fraction of sp³-hybridized carbons (Fsp3) is 0.188. The molecule has 2 aromatic rings. The summed E-state index contributed by atoms with van der Waals surface area (Å²) in [4.78, 5) is 34.5. The Morgan fingerprint density at radius 1 is 1.00 bits per heavy atom. The van der Waals surface area contributed by atoms with Crippen molar-refractivity contribution in [2.75, 3.05) is 7.05 Å². The number of hydrogen-bond donors (Lipinski definition) is 0. The van der Waals surface area contributed by atoms with Gasteiger partial charge in [-0.05, 0) is 18.6 Å². The summed E-state index contributed by atoms with van der Waals surface area (Å²) in [5.41, 5.74) is 0.558. The number of benzene rings is 2. The largest absolute Gasteiger partial charge is 0.335 e. The third-order valence-corrected chi connectivity index (χ3v) is 3.77. The average molecular weight is 329 g/mol. The Balaban J connectivity index is 2.27. The van der Waals surface area contributed by atoms with E-state index in [1.807, 2.05) is 0 Å². The van der Waals surface area contributed by atoms with E-state index in [2.05, 4.69) is 0 Å². The van der Waals surface area contributed by atoms with E-state index in [0.717, 1.165) is 0 Å². The molecule has 0 saturated heterocycles. The lowest BCUT2D eigenvalue weighted by atomic mass is 10.1. The molecule has 0 N–H and O–H groups in total. The molecule has 0 aliphatic heterocycles. The first-order valence-corrected chi connectivity index (χ1v) is 7.07. The number of hydrogen-bond acceptors (Lipinski definition) is 5. The van der Waals surface area contributed by atoms with Gasteiger partial charge in [0.25, 0.3) is 17.3 Å². The first-order valence-electron chi connectivity index (χ1n) is 7.07. The molecule has 1 atom stereocenters. The highest BCUT2D eigenvalue weighted by Gasteiger charge is 2.21. The van der Waals surface area contributed by atoms with Gasteiger partial charge in [0.05, 0.1) is 15.9 Å². The molecule has 0 aliphatic rings. The molecular weight excluding hydrogens is 314 g/mol. The van der Waals surface area contributed by atoms with Crippen LogP contribution in [0.1, 0.15) is 28.9 Å². The molecule has 0 bridgehead atoms. The molecule has 0 aromatic heterocycles. The normalized spacial score (nSPS) is 11.6. The maximum absolute atomic E-state index is 12.5. The van der Waals surface area contributed by atoms with Gasteiger partial charge in [-0.3, -0.25) is 25.0 Å². The molecule has 2 rings (SSSR count). The van der Waals surface area contributed by atoms with Gasteiger partial charge in [-0.1, -0.05) is 18.2 Å². The van der Waals surface area contributed by atoms with Gasteiger partial charge in [0.1, 0.15) is 0 Å². The highest BCUT2D eigenvalue weighted by molar-refractivity contribution is 5.94. The molecule has 0 radical (unpaired) electrons. The SMILES string of the molecule is C[C@H](c1cccc([N+](=O)[O-])c1)N(C)C(=O)c1cccc([N+](=O)[O-])c1. The van der Waals surface area contributed by atoms with Crippen LogP contribution in [-0.4, -0.2) is 27.7 Å². The van der Waals surface area contributed by atoms with Crippen LogP contribution in [0, 0.1) is 20.2 Å². The van der Waals surface area contributed by atoms with Crippen molar-refractivity contribution in [1.29, 1.82) is 0 Å². The van der Waals surface area contributed by atoms with E-state index in [1.165, 1.54) is 41.3 Å². The van der Waals surface area contributed by atoms with Gasteiger partial charge in [-0.2, -0.15) is 0 Å². The summed E-state index contributed by atoms with van der Waals surface area (Å²) in [5.74, 6) is -0.405. The standard InChI is InChI=1S/C16H15N3O5/c1-11(12-5-3-7-14(9-12)18(21)22)17(2)16(20)13-6-4-8-15(10-13)19(23)24/h3-11H,1-2H3/t11-/m1/s1. The number of carbonyl (C=O) groups excluding carboxylic acids is 1. The number of rotatable bonds is 5. The molecule has 0 fully saturated rings. The van der Waals surface area contributed by atoms with Crippen LogP contribution in [0.25, 0.3) is 0 Å². The summed E-state index contributed by atoms with van der Waals surface area (Å²) in [5, 5.41) is 21.7. The maximum atomic E-state index is 12.5. The van der Waals surface area contributed by atoms with Crippen molar-refractivity contribution in [3.8, 4) is 0 Å². The van der Waals surface area contributed by atoms with E-state index in [9.17, 15) is 25.0 Å². The third kappa shape index (κ3) is 3.54. The molecule has 0 spiro atoms. The van der Waals surface area contributed by atoms with Crippen molar-refractivity contribution >= 4 is 17.3 Å². The summed E-state index contributed by atoms with van der Waals surface area (Å²) in [6, 6.07) is 11.0. The summed E-state index contributed by atoms with van der Waals surface area (Å²) < 4.78 is 0. The lowest BCUT2D eigenvalue weighted by Gasteiger charge is -2.25. The molecule has 8 nitrogen and oxygen atoms in total. The van der Waals surface area contributed by atoms with Gasteiger partial charge in [0, 0.05) is 36.9 Å². The third-order valence-electron chi connectivity index (χ3n) is 3.77. The Labute approximate surface area is 137 Å². The van der Waals surface area contributed by atoms with Gasteiger partial charge in [0.2, 0.25) is 0 Å². The van der Waals surface area contributed by atoms with Crippen molar-refractivity contribution in [2.45, 2.75) is 13.0 Å². The highest BCUT2D eigenvalue weighted by Crippen LogP contribution is 2.25. The Bertz CT molecular complexity index is 806. The summed E-state index contributed by atoms with van der Waals surface area (Å²) in [6.45, 7) is 1.73. The fourth-order valence-electron chi connectivity index (χ4n) is 2.25.